The molecular weight excluding hydrogens is 441 g/mol. The van der Waals surface area contributed by atoms with Crippen molar-refractivity contribution in [3.63, 3.8) is 0 Å². The summed E-state index contributed by atoms with van der Waals surface area (Å²) in [5.74, 6) is -2.02. The summed E-state index contributed by atoms with van der Waals surface area (Å²) in [6.45, 7) is 2.57. The van der Waals surface area contributed by atoms with Crippen LogP contribution in [0, 0.1) is 0 Å². The van der Waals surface area contributed by atoms with Crippen molar-refractivity contribution in [3.05, 3.63) is 18.2 Å². The number of amides is 1. The van der Waals surface area contributed by atoms with Crippen LogP contribution < -0.4 is 9.67 Å². The Morgan fingerprint density at radius 3 is 2.48 bits per heavy atom. The number of aromatic hydroxyl groups is 1. The summed E-state index contributed by atoms with van der Waals surface area (Å²) >= 11 is -4.35. The van der Waals surface area contributed by atoms with Gasteiger partial charge in [-0.1, -0.05) is 0 Å². The third-order valence-electron chi connectivity index (χ3n) is 3.07. The molecule has 0 aliphatic carbocycles. The molecule has 1 amide bonds. The van der Waals surface area contributed by atoms with Crippen molar-refractivity contribution in [1.82, 2.24) is 0 Å². The Labute approximate surface area is 162 Å². The number of nitrogens with one attached hydrogen (secondary N) is 1. The van der Waals surface area contributed by atoms with E-state index in [1.165, 1.54) is 6.92 Å². The number of hydrogen-bond donors (Lipinski definition) is 3. The van der Waals surface area contributed by atoms with E-state index in [9.17, 15) is 32.1 Å². The van der Waals surface area contributed by atoms with E-state index in [0.29, 0.717) is 12.2 Å². The molecular formula is C16H20AsNO8S. The van der Waals surface area contributed by atoms with Crippen molar-refractivity contribution in [2.75, 3.05) is 11.1 Å². The first-order valence-corrected chi connectivity index (χ1v) is 12.1. The van der Waals surface area contributed by atoms with E-state index in [-0.39, 0.29) is 27.3 Å². The van der Waals surface area contributed by atoms with Gasteiger partial charge in [0.25, 0.3) is 0 Å². The molecule has 0 fully saturated rings. The van der Waals surface area contributed by atoms with Gasteiger partial charge < -0.3 is 0 Å². The molecule has 0 saturated carbocycles. The summed E-state index contributed by atoms with van der Waals surface area (Å²) in [7, 11) is 0. The second-order valence-corrected chi connectivity index (χ2v) is 10.4. The Morgan fingerprint density at radius 2 is 1.89 bits per heavy atom. The van der Waals surface area contributed by atoms with E-state index >= 15 is 0 Å². The Balaban J connectivity index is 2.73. The fourth-order valence-corrected chi connectivity index (χ4v) is 4.95. The SMILES string of the molecule is CC(=O)Nc1cc(O)ccc1[As](=O)(O)OC(=O)CC(=O)CCCSC(C)=O. The minimum atomic E-state index is -5.42. The van der Waals surface area contributed by atoms with Crippen LogP contribution >= 0.6 is 11.8 Å². The number of ketones is 1. The van der Waals surface area contributed by atoms with E-state index < -0.39 is 38.3 Å². The topological polar surface area (TPSA) is 147 Å². The first kappa shape index (κ1) is 23.0. The zero-order chi connectivity index (χ0) is 20.6. The van der Waals surface area contributed by atoms with E-state index in [4.69, 9.17) is 0 Å². The Morgan fingerprint density at radius 1 is 1.22 bits per heavy atom. The molecule has 148 valence electrons. The molecule has 1 rings (SSSR count). The molecule has 0 heterocycles. The molecule has 3 N–H and O–H groups in total. The molecule has 0 aromatic heterocycles. The number of Topliss-reactive ketones (excluding diaryl/α,β-unsaturated/α-hetero) is 1. The zero-order valence-corrected chi connectivity index (χ0v) is 17.5. The molecule has 1 atom stereocenters. The van der Waals surface area contributed by atoms with Gasteiger partial charge in [0, 0.05) is 0 Å². The number of hydrogen-bond acceptors (Lipinski definition) is 8. The fraction of sp³-hybridized carbons (Fsp3) is 0.375. The van der Waals surface area contributed by atoms with Gasteiger partial charge in [0.15, 0.2) is 0 Å². The zero-order valence-electron chi connectivity index (χ0n) is 14.8. The predicted molar refractivity (Wildman–Crippen MR) is 98.8 cm³/mol. The third-order valence-corrected chi connectivity index (χ3v) is 7.01. The minimum absolute atomic E-state index is 0.0360. The van der Waals surface area contributed by atoms with Crippen molar-refractivity contribution in [3.8, 4) is 5.75 Å². The summed E-state index contributed by atoms with van der Waals surface area (Å²) in [6, 6.07) is 3.22. The molecule has 0 saturated heterocycles. The van der Waals surface area contributed by atoms with Crippen LogP contribution in [0.2, 0.25) is 0 Å². The van der Waals surface area contributed by atoms with Crippen LogP contribution in [0.4, 0.5) is 5.69 Å². The molecule has 0 spiro atoms. The normalized spacial score (nSPS) is 12.7. The fourth-order valence-electron chi connectivity index (χ4n) is 2.01. The Hall–Kier alpha value is -2.03. The van der Waals surface area contributed by atoms with Crippen LogP contribution in [0.3, 0.4) is 0 Å². The second-order valence-electron chi connectivity index (χ2n) is 5.53. The standard InChI is InChI=1S/C16H20AsNO8S/c1-10(19)18-15-8-13(22)5-6-14(15)17(24,25)26-16(23)9-12(21)4-3-7-27-11(2)20/h5-6,8,22H,3-4,7,9H2,1-2H3,(H,18,19)(H,24,25). The van der Waals surface area contributed by atoms with Crippen molar-refractivity contribution < 1.29 is 35.8 Å². The van der Waals surface area contributed by atoms with Crippen molar-refractivity contribution in [2.45, 2.75) is 33.1 Å². The summed E-state index contributed by atoms with van der Waals surface area (Å²) in [4.78, 5) is 45.5. The molecule has 1 unspecified atom stereocenters. The molecule has 27 heavy (non-hydrogen) atoms. The number of rotatable bonds is 9. The van der Waals surface area contributed by atoms with Gasteiger partial charge in [0.1, 0.15) is 0 Å². The van der Waals surface area contributed by atoms with Crippen molar-refractivity contribution in [2.24, 2.45) is 0 Å². The predicted octanol–water partition coefficient (Wildman–Crippen LogP) is 0.482. The van der Waals surface area contributed by atoms with Gasteiger partial charge >= 0.3 is 163 Å². The van der Waals surface area contributed by atoms with Crippen LogP contribution in [0.15, 0.2) is 18.2 Å². The first-order chi connectivity index (χ1) is 12.5. The molecule has 0 aliphatic rings. The molecule has 0 radical (unpaired) electrons. The Bertz CT molecular complexity index is 795. The average Bonchev–Trinajstić information content (AvgIpc) is 2.49. The van der Waals surface area contributed by atoms with Crippen LogP contribution in [0.5, 0.6) is 5.75 Å². The third kappa shape index (κ3) is 8.46. The van der Waals surface area contributed by atoms with Gasteiger partial charge in [-0.3, -0.25) is 0 Å². The van der Waals surface area contributed by atoms with Gasteiger partial charge in [0.05, 0.1) is 0 Å². The summed E-state index contributed by atoms with van der Waals surface area (Å²) in [5, 5.41) is 11.7. The van der Waals surface area contributed by atoms with E-state index in [0.717, 1.165) is 36.9 Å². The number of carbonyl (C=O) groups is 4. The van der Waals surface area contributed by atoms with Gasteiger partial charge in [-0.15, -0.1) is 0 Å². The van der Waals surface area contributed by atoms with Gasteiger partial charge in [-0.2, -0.15) is 0 Å². The van der Waals surface area contributed by atoms with Crippen molar-refractivity contribution >= 4 is 58.7 Å². The average molecular weight is 461 g/mol. The van der Waals surface area contributed by atoms with Gasteiger partial charge in [-0.25, -0.2) is 0 Å². The molecule has 11 heteroatoms. The summed E-state index contributed by atoms with van der Waals surface area (Å²) < 4.78 is 26.8. The Kier molecular flexibility index (Phi) is 8.81. The monoisotopic (exact) mass is 461 g/mol. The van der Waals surface area contributed by atoms with Crippen LogP contribution in [-0.2, 0) is 26.6 Å². The number of benzene rings is 1. The van der Waals surface area contributed by atoms with Crippen LogP contribution in [-0.4, -0.2) is 51.9 Å². The van der Waals surface area contributed by atoms with Gasteiger partial charge in [-0.05, 0) is 0 Å². The van der Waals surface area contributed by atoms with Crippen molar-refractivity contribution in [1.29, 1.82) is 0 Å². The first-order valence-electron chi connectivity index (χ1n) is 7.82. The quantitative estimate of drug-likeness (QED) is 0.271. The number of anilines is 1. The molecule has 9 nitrogen and oxygen atoms in total. The van der Waals surface area contributed by atoms with Crippen LogP contribution in [0.25, 0.3) is 0 Å². The number of thioether (sulfide) groups is 1. The maximum atomic E-state index is 12.4. The molecule has 1 aromatic rings. The van der Waals surface area contributed by atoms with E-state index in [2.05, 4.69) is 9.04 Å². The summed E-state index contributed by atoms with van der Waals surface area (Å²) in [6.07, 6.45) is -0.249. The van der Waals surface area contributed by atoms with E-state index in [1.807, 2.05) is 0 Å². The number of phenols is 1. The summed E-state index contributed by atoms with van der Waals surface area (Å²) in [5.41, 5.74) is -0.159. The number of phenolic OH excluding ortho intramolecular Hbond substituents is 1. The molecule has 1 aromatic carbocycles. The molecule has 0 aliphatic heterocycles. The maximum absolute atomic E-state index is 12.4. The van der Waals surface area contributed by atoms with E-state index in [1.54, 1.807) is 0 Å². The molecule has 0 bridgehead atoms. The second kappa shape index (κ2) is 10.3. The number of carbonyl (C=O) groups excluding carboxylic acids is 4. The van der Waals surface area contributed by atoms with Crippen LogP contribution in [0.1, 0.15) is 33.1 Å². The van der Waals surface area contributed by atoms with Gasteiger partial charge in [0.2, 0.25) is 0 Å².